The van der Waals surface area contributed by atoms with E-state index in [1.54, 1.807) is 0 Å². The molecule has 6 aliphatic rings. The van der Waals surface area contributed by atoms with Crippen LogP contribution in [0.1, 0.15) is 77.0 Å². The van der Waals surface area contributed by atoms with Crippen LogP contribution in [0, 0.1) is 0 Å². The molecule has 8 bridgehead atoms. The number of quaternary nitrogens is 4. The molecular weight excluding hydrogens is 1190 g/mol. The van der Waals surface area contributed by atoms with Gasteiger partial charge in [-0.15, -0.1) is 0 Å². The summed E-state index contributed by atoms with van der Waals surface area (Å²) in [6, 6.07) is 24.9. The Bertz CT molecular complexity index is 3370. The van der Waals surface area contributed by atoms with E-state index in [0.717, 1.165) is 111 Å². The summed E-state index contributed by atoms with van der Waals surface area (Å²) in [6.07, 6.45) is 15.4. The second kappa shape index (κ2) is 24.7. The van der Waals surface area contributed by atoms with Crippen LogP contribution in [-0.2, 0) is 19.5 Å². The number of benzene rings is 4. The summed E-state index contributed by atoms with van der Waals surface area (Å²) in [5, 5.41) is 3.52. The molecule has 0 unspecified atom stereocenters. The number of likely N-dealkylation sites (tertiary alicyclic amines) is 4. The van der Waals surface area contributed by atoms with Crippen molar-refractivity contribution >= 4 is 44.1 Å². The predicted octanol–water partition coefficient (Wildman–Crippen LogP) is 7.91. The Morgan fingerprint density at radius 3 is 0.915 bits per heavy atom. The average Bonchev–Trinajstić information content (AvgIpc) is 4.41. The van der Waals surface area contributed by atoms with Gasteiger partial charge in [-0.1, -0.05) is 0 Å². The van der Waals surface area contributed by atoms with Crippen molar-refractivity contribution < 1.29 is 80.3 Å². The minimum absolute atomic E-state index is 0. The summed E-state index contributed by atoms with van der Waals surface area (Å²) in [5.74, 6) is 5.26. The number of nitrogens with one attached hydrogen (secondary N) is 2. The van der Waals surface area contributed by atoms with Crippen LogP contribution in [0.5, 0.6) is 23.0 Å². The zero-order valence-electron chi connectivity index (χ0n) is 48.9. The second-order valence-corrected chi connectivity index (χ2v) is 25.2. The van der Waals surface area contributed by atoms with E-state index >= 15 is 0 Å². The number of halogens is 1. The van der Waals surface area contributed by atoms with E-state index in [9.17, 15) is 0 Å². The number of ether oxygens (including phenoxy) is 4. The third kappa shape index (κ3) is 12.7. The summed E-state index contributed by atoms with van der Waals surface area (Å²) < 4.78 is 30.5. The molecule has 18 heteroatoms. The fraction of sp³-hybridized carbons (Fsp3) is 0.500. The van der Waals surface area contributed by atoms with Gasteiger partial charge in [0, 0.05) is 43.8 Å². The molecule has 426 valence electrons. The van der Waals surface area contributed by atoms with Crippen LogP contribution < -0.4 is 42.9 Å². The first-order valence-corrected chi connectivity index (χ1v) is 30.2. The molecule has 4 aromatic carbocycles. The minimum Gasteiger partial charge on any atom is -1.00 e. The number of piperidine rings is 4. The number of hydrogen-bond acceptors (Lipinski definition) is 10. The molecule has 0 aliphatic carbocycles. The van der Waals surface area contributed by atoms with Gasteiger partial charge < -0.3 is 70.8 Å². The molecule has 16 nitrogen and oxygen atoms in total. The maximum absolute atomic E-state index is 6.59. The van der Waals surface area contributed by atoms with Gasteiger partial charge in [-0.25, -0.2) is 29.9 Å². The van der Waals surface area contributed by atoms with Gasteiger partial charge in [0.25, 0.3) is 0 Å². The quantitative estimate of drug-likeness (QED) is 0.0557. The van der Waals surface area contributed by atoms with Gasteiger partial charge in [0.15, 0.2) is 23.3 Å². The van der Waals surface area contributed by atoms with Gasteiger partial charge in [-0.3, -0.25) is 0 Å². The first-order chi connectivity index (χ1) is 38.9. The first-order valence-electron chi connectivity index (χ1n) is 30.2. The number of rotatable bonds is 16. The Balaban J connectivity index is 0.00000353. The minimum atomic E-state index is 0. The standard InChI is InChI=1S/C64H82N12O4.HI.Zn/c1-73(25-9-5-10-26-73)33-37-77-45-17-21-49-53(41-45)61-65-57(49)70-62-55-43-47(79-39-35-75(3)29-13-7-14-30-75)19-23-51(55)59(67-62)72-64-56-44-48(80-40-36-76(4)31-15-8-16-32-76)20-24-52(56)60(68-64)71-63-54-42-46(18-22-50(54)58(66-63)69-61)78-38-34-74(2)27-11-6-12-28-74;;/h17-24,41-44H,5-16,25-40H2,1-4H3,(H2,65,66,67,68,69,70,71,72);1H;/q+4;;+2/p-1. The van der Waals surface area contributed by atoms with Crippen molar-refractivity contribution in [1.29, 1.82) is 0 Å². The molecule has 3 aromatic heterocycles. The molecule has 0 atom stereocenters. The summed E-state index contributed by atoms with van der Waals surface area (Å²) in [4.78, 5) is 39.6. The summed E-state index contributed by atoms with van der Waals surface area (Å²) in [6.45, 7) is 15.9. The van der Waals surface area contributed by atoms with Gasteiger partial charge in [0.05, 0.1) is 80.5 Å². The van der Waals surface area contributed by atoms with E-state index in [1.807, 2.05) is 12.1 Å². The number of nitrogens with zero attached hydrogens (tertiary/aromatic N) is 10. The van der Waals surface area contributed by atoms with Gasteiger partial charge in [-0.05, 0) is 150 Å². The molecule has 9 heterocycles. The van der Waals surface area contributed by atoms with E-state index in [4.69, 9.17) is 48.9 Å². The van der Waals surface area contributed by atoms with Crippen molar-refractivity contribution in [1.82, 2.24) is 39.9 Å². The largest absolute Gasteiger partial charge is 2.00 e. The monoisotopic (exact) mass is 1270 g/mol. The van der Waals surface area contributed by atoms with E-state index in [2.05, 4.69) is 98.8 Å². The number of hydrogen-bond donors (Lipinski definition) is 2. The van der Waals surface area contributed by atoms with Crippen LogP contribution in [0.4, 0.5) is 0 Å². The van der Waals surface area contributed by atoms with Crippen molar-refractivity contribution in [2.45, 2.75) is 77.0 Å². The third-order valence-electron chi connectivity index (χ3n) is 18.9. The third-order valence-corrected chi connectivity index (χ3v) is 18.9. The number of aromatic nitrogens is 8. The van der Waals surface area contributed by atoms with E-state index in [-0.39, 0.29) is 43.5 Å². The van der Waals surface area contributed by atoms with Crippen LogP contribution in [0.15, 0.2) is 72.8 Å². The topological polar surface area (TPSA) is 146 Å². The molecule has 0 amide bonds. The fourth-order valence-corrected chi connectivity index (χ4v) is 13.6. The van der Waals surface area contributed by atoms with E-state index < -0.39 is 0 Å². The number of aromatic amines is 2. The van der Waals surface area contributed by atoms with Crippen molar-refractivity contribution in [2.75, 3.05) is 133 Å². The van der Waals surface area contributed by atoms with Crippen molar-refractivity contribution in [2.24, 2.45) is 0 Å². The molecule has 6 aliphatic heterocycles. The number of likely N-dealkylation sites (N-methyl/N-ethyl adjacent to an activating group) is 4. The molecule has 82 heavy (non-hydrogen) atoms. The molecule has 7 aromatic rings. The second-order valence-electron chi connectivity index (χ2n) is 25.2. The summed E-state index contributed by atoms with van der Waals surface area (Å²) >= 11 is 0. The van der Waals surface area contributed by atoms with Crippen LogP contribution in [0.3, 0.4) is 0 Å². The number of H-pyrrole nitrogens is 2. The van der Waals surface area contributed by atoms with Crippen LogP contribution in [0.2, 0.25) is 0 Å². The first kappa shape index (κ1) is 58.4. The van der Waals surface area contributed by atoms with Gasteiger partial charge in [0.1, 0.15) is 98.2 Å². The Hall–Kier alpha value is -5.37. The molecule has 2 N–H and O–H groups in total. The zero-order valence-corrected chi connectivity index (χ0v) is 54.0. The maximum Gasteiger partial charge on any atom is 2.00 e. The molecule has 0 spiro atoms. The predicted molar refractivity (Wildman–Crippen MR) is 317 cm³/mol. The van der Waals surface area contributed by atoms with Crippen molar-refractivity contribution in [3.8, 4) is 68.5 Å². The summed E-state index contributed by atoms with van der Waals surface area (Å²) in [7, 11) is 9.45. The van der Waals surface area contributed by atoms with Gasteiger partial charge >= 0.3 is 19.5 Å². The average molecular weight is 1280 g/mol. The Kier molecular flexibility index (Phi) is 17.6. The van der Waals surface area contributed by atoms with E-state index in [1.165, 1.54) is 129 Å². The van der Waals surface area contributed by atoms with E-state index in [0.29, 0.717) is 72.3 Å². The van der Waals surface area contributed by atoms with Gasteiger partial charge in [-0.2, -0.15) is 0 Å². The Labute approximate surface area is 512 Å². The Morgan fingerprint density at radius 1 is 0.329 bits per heavy atom. The molecule has 0 saturated carbocycles. The molecule has 0 radical (unpaired) electrons. The molecule has 13 rings (SSSR count). The Morgan fingerprint density at radius 2 is 0.598 bits per heavy atom. The fourth-order valence-electron chi connectivity index (χ4n) is 13.6. The molecular formula is C64H82IN12O4Zn+5. The SMILES string of the molecule is C[N+]1(CCOc2ccc3c(c2)-c2nc-3nc3[nH]c(nc4nc(nc5[nH]c(n2)c2ccc(OCC[N+]6(C)CCCCC6)cc52)-c2ccc(OCC[N+]5(C)CCCCC5)cc2-4)c2ccc(OCC[N+]4(C)CCCCC4)cc32)CCCCC1.[I-].[Zn+2]. The maximum atomic E-state index is 6.59. The molecule has 4 fully saturated rings. The normalized spacial score (nSPS) is 18.6. The van der Waals surface area contributed by atoms with Crippen LogP contribution in [0.25, 0.3) is 89.7 Å². The number of fused-ring (bicyclic) bond motifs is 20. The van der Waals surface area contributed by atoms with Crippen molar-refractivity contribution in [3.05, 3.63) is 72.8 Å². The summed E-state index contributed by atoms with van der Waals surface area (Å²) in [5.41, 5.74) is 5.90. The molecule has 4 saturated heterocycles. The van der Waals surface area contributed by atoms with Crippen LogP contribution in [-0.4, -0.2) is 191 Å². The zero-order chi connectivity index (χ0) is 54.3. The van der Waals surface area contributed by atoms with Crippen molar-refractivity contribution in [3.63, 3.8) is 0 Å². The smallest absolute Gasteiger partial charge is 1.00 e. The van der Waals surface area contributed by atoms with Crippen LogP contribution >= 0.6 is 0 Å². The van der Waals surface area contributed by atoms with Gasteiger partial charge in [0.2, 0.25) is 0 Å².